The number of aromatic nitrogens is 1. The van der Waals surface area contributed by atoms with E-state index in [1.807, 2.05) is 6.07 Å². The van der Waals surface area contributed by atoms with E-state index in [2.05, 4.69) is 4.98 Å². The molecule has 0 radical (unpaired) electrons. The van der Waals surface area contributed by atoms with E-state index in [0.29, 0.717) is 0 Å². The SMILES string of the molecule is N#Cc1ccc(Oc2cccc(N)n2)c(F)c1. The van der Waals surface area contributed by atoms with Crippen LogP contribution in [0, 0.1) is 17.1 Å². The zero-order valence-corrected chi connectivity index (χ0v) is 8.72. The van der Waals surface area contributed by atoms with E-state index in [1.54, 1.807) is 18.2 Å². The molecule has 5 heteroatoms. The number of halogens is 1. The molecule has 2 rings (SSSR count). The Kier molecular flexibility index (Phi) is 2.88. The fraction of sp³-hybridized carbons (Fsp3) is 0. The number of nitriles is 1. The number of anilines is 1. The largest absolute Gasteiger partial charge is 0.436 e. The molecule has 0 atom stereocenters. The number of nitrogens with zero attached hydrogens (tertiary/aromatic N) is 2. The van der Waals surface area contributed by atoms with Crippen LogP contribution in [-0.4, -0.2) is 4.98 Å². The van der Waals surface area contributed by atoms with Crippen LogP contribution < -0.4 is 10.5 Å². The Morgan fingerprint density at radius 2 is 2.12 bits per heavy atom. The van der Waals surface area contributed by atoms with Crippen molar-refractivity contribution >= 4 is 5.82 Å². The lowest BCUT2D eigenvalue weighted by Crippen LogP contribution is -1.94. The molecule has 0 amide bonds. The highest BCUT2D eigenvalue weighted by atomic mass is 19.1. The van der Waals surface area contributed by atoms with Crippen molar-refractivity contribution in [2.45, 2.75) is 0 Å². The molecule has 0 unspecified atom stereocenters. The van der Waals surface area contributed by atoms with Crippen molar-refractivity contribution in [2.75, 3.05) is 5.73 Å². The Balaban J connectivity index is 2.28. The van der Waals surface area contributed by atoms with Gasteiger partial charge < -0.3 is 10.5 Å². The van der Waals surface area contributed by atoms with Crippen molar-refractivity contribution in [1.82, 2.24) is 4.98 Å². The van der Waals surface area contributed by atoms with E-state index in [1.165, 1.54) is 12.1 Å². The van der Waals surface area contributed by atoms with E-state index >= 15 is 0 Å². The highest BCUT2D eigenvalue weighted by molar-refractivity contribution is 5.38. The van der Waals surface area contributed by atoms with Crippen LogP contribution in [0.25, 0.3) is 0 Å². The molecule has 0 spiro atoms. The molecule has 1 heterocycles. The minimum atomic E-state index is -0.617. The summed E-state index contributed by atoms with van der Waals surface area (Å²) < 4.78 is 18.7. The molecule has 0 bridgehead atoms. The Morgan fingerprint density at radius 3 is 2.76 bits per heavy atom. The topological polar surface area (TPSA) is 71.9 Å². The highest BCUT2D eigenvalue weighted by Crippen LogP contribution is 2.24. The zero-order chi connectivity index (χ0) is 12.3. The average Bonchev–Trinajstić information content (AvgIpc) is 2.32. The fourth-order valence-corrected chi connectivity index (χ4v) is 1.25. The van der Waals surface area contributed by atoms with Gasteiger partial charge in [0.1, 0.15) is 5.82 Å². The molecule has 17 heavy (non-hydrogen) atoms. The van der Waals surface area contributed by atoms with Gasteiger partial charge in [-0.05, 0) is 24.3 Å². The number of rotatable bonds is 2. The molecular weight excluding hydrogens is 221 g/mol. The monoisotopic (exact) mass is 229 g/mol. The molecule has 1 aromatic carbocycles. The van der Waals surface area contributed by atoms with Crippen molar-refractivity contribution in [1.29, 1.82) is 5.26 Å². The summed E-state index contributed by atoms with van der Waals surface area (Å²) in [5.41, 5.74) is 5.70. The van der Waals surface area contributed by atoms with Crippen LogP contribution in [0.15, 0.2) is 36.4 Å². The van der Waals surface area contributed by atoms with Crippen molar-refractivity contribution in [3.05, 3.63) is 47.8 Å². The van der Waals surface area contributed by atoms with Crippen LogP contribution in [0.4, 0.5) is 10.2 Å². The number of hydrogen-bond donors (Lipinski definition) is 1. The van der Waals surface area contributed by atoms with E-state index in [0.717, 1.165) is 6.07 Å². The molecular formula is C12H8FN3O. The number of hydrogen-bond acceptors (Lipinski definition) is 4. The van der Waals surface area contributed by atoms with Gasteiger partial charge in [0, 0.05) is 6.07 Å². The van der Waals surface area contributed by atoms with Gasteiger partial charge in [0.25, 0.3) is 0 Å². The first kappa shape index (κ1) is 10.9. The van der Waals surface area contributed by atoms with Gasteiger partial charge in [0.2, 0.25) is 5.88 Å². The van der Waals surface area contributed by atoms with Crippen LogP contribution in [0.5, 0.6) is 11.6 Å². The summed E-state index contributed by atoms with van der Waals surface area (Å²) in [4.78, 5) is 3.88. The molecule has 0 saturated heterocycles. The molecule has 84 valence electrons. The third kappa shape index (κ3) is 2.49. The van der Waals surface area contributed by atoms with Crippen molar-refractivity contribution in [3.8, 4) is 17.7 Å². The standard InChI is InChI=1S/C12H8FN3O/c13-9-6-8(7-14)4-5-10(9)17-12-3-1-2-11(15)16-12/h1-6H,(H2,15,16). The first-order valence-corrected chi connectivity index (χ1v) is 4.79. The summed E-state index contributed by atoms with van der Waals surface area (Å²) in [5, 5.41) is 8.59. The normalized spacial score (nSPS) is 9.65. The summed E-state index contributed by atoms with van der Waals surface area (Å²) in [6, 6.07) is 10.6. The third-order valence-electron chi connectivity index (χ3n) is 2.02. The van der Waals surface area contributed by atoms with Crippen molar-refractivity contribution in [2.24, 2.45) is 0 Å². The van der Waals surface area contributed by atoms with Crippen LogP contribution in [0.3, 0.4) is 0 Å². The predicted molar refractivity (Wildman–Crippen MR) is 59.8 cm³/mol. The second-order valence-corrected chi connectivity index (χ2v) is 3.26. The summed E-state index contributed by atoms with van der Waals surface area (Å²) in [7, 11) is 0. The van der Waals surface area contributed by atoms with Gasteiger partial charge in [0.05, 0.1) is 11.6 Å². The van der Waals surface area contributed by atoms with Gasteiger partial charge in [-0.2, -0.15) is 10.2 Å². The molecule has 2 aromatic rings. The molecule has 0 aliphatic rings. The lowest BCUT2D eigenvalue weighted by Gasteiger charge is -2.06. The Bertz CT molecular complexity index is 593. The quantitative estimate of drug-likeness (QED) is 0.858. The minimum absolute atomic E-state index is 0.00194. The lowest BCUT2D eigenvalue weighted by atomic mass is 10.2. The third-order valence-corrected chi connectivity index (χ3v) is 2.02. The van der Waals surface area contributed by atoms with Gasteiger partial charge in [0.15, 0.2) is 11.6 Å². The molecule has 4 nitrogen and oxygen atoms in total. The minimum Gasteiger partial charge on any atom is -0.436 e. The first-order valence-electron chi connectivity index (χ1n) is 4.79. The zero-order valence-electron chi connectivity index (χ0n) is 8.72. The molecule has 0 saturated carbocycles. The molecule has 1 aromatic heterocycles. The van der Waals surface area contributed by atoms with Crippen molar-refractivity contribution in [3.63, 3.8) is 0 Å². The van der Waals surface area contributed by atoms with Gasteiger partial charge in [-0.1, -0.05) is 6.07 Å². The van der Waals surface area contributed by atoms with Gasteiger partial charge in [-0.25, -0.2) is 4.39 Å². The summed E-state index contributed by atoms with van der Waals surface area (Å²) in [5.74, 6) is -0.125. The number of pyridine rings is 1. The lowest BCUT2D eigenvalue weighted by molar-refractivity contribution is 0.428. The Morgan fingerprint density at radius 1 is 1.29 bits per heavy atom. The van der Waals surface area contributed by atoms with Gasteiger partial charge in [-0.3, -0.25) is 0 Å². The van der Waals surface area contributed by atoms with E-state index in [-0.39, 0.29) is 23.0 Å². The van der Waals surface area contributed by atoms with E-state index < -0.39 is 5.82 Å². The van der Waals surface area contributed by atoms with E-state index in [9.17, 15) is 4.39 Å². The average molecular weight is 229 g/mol. The Hall–Kier alpha value is -2.61. The smallest absolute Gasteiger partial charge is 0.221 e. The van der Waals surface area contributed by atoms with E-state index in [4.69, 9.17) is 15.7 Å². The maximum atomic E-state index is 13.5. The molecule has 0 aliphatic heterocycles. The molecule has 2 N–H and O–H groups in total. The number of nitrogen functional groups attached to an aromatic ring is 1. The number of benzene rings is 1. The first-order chi connectivity index (χ1) is 8.19. The number of ether oxygens (including phenoxy) is 1. The van der Waals surface area contributed by atoms with Crippen molar-refractivity contribution < 1.29 is 9.13 Å². The Labute approximate surface area is 97.1 Å². The van der Waals surface area contributed by atoms with Gasteiger partial charge in [-0.15, -0.1) is 0 Å². The maximum absolute atomic E-state index is 13.5. The molecule has 0 aliphatic carbocycles. The predicted octanol–water partition coefficient (Wildman–Crippen LogP) is 2.47. The summed E-state index contributed by atoms with van der Waals surface area (Å²) in [6.45, 7) is 0. The summed E-state index contributed by atoms with van der Waals surface area (Å²) >= 11 is 0. The summed E-state index contributed by atoms with van der Waals surface area (Å²) in [6.07, 6.45) is 0. The highest BCUT2D eigenvalue weighted by Gasteiger charge is 2.06. The number of nitrogens with two attached hydrogens (primary N) is 1. The van der Waals surface area contributed by atoms with Crippen LogP contribution in [-0.2, 0) is 0 Å². The van der Waals surface area contributed by atoms with Gasteiger partial charge >= 0.3 is 0 Å². The molecule has 0 fully saturated rings. The van der Waals surface area contributed by atoms with Crippen LogP contribution in [0.2, 0.25) is 0 Å². The van der Waals surface area contributed by atoms with Crippen LogP contribution >= 0.6 is 0 Å². The second-order valence-electron chi connectivity index (χ2n) is 3.26. The second kappa shape index (κ2) is 4.49. The fourth-order valence-electron chi connectivity index (χ4n) is 1.25. The van der Waals surface area contributed by atoms with Crippen LogP contribution in [0.1, 0.15) is 5.56 Å². The maximum Gasteiger partial charge on any atom is 0.221 e.